The predicted octanol–water partition coefficient (Wildman–Crippen LogP) is 8.28. The average Bonchev–Trinajstić information content (AvgIpc) is 2.75. The zero-order valence-electron chi connectivity index (χ0n) is 19.0. The summed E-state index contributed by atoms with van der Waals surface area (Å²) in [4.78, 5) is 15.0. The Morgan fingerprint density at radius 3 is 2.00 bits per heavy atom. The molecular weight excluding hydrogens is 398 g/mol. The molecular formula is C28H31NOS. The van der Waals surface area contributed by atoms with Crippen molar-refractivity contribution in [3.05, 3.63) is 101 Å². The van der Waals surface area contributed by atoms with Crippen LogP contribution in [0.15, 0.2) is 94.4 Å². The molecule has 3 aromatic carbocycles. The smallest absolute Gasteiger partial charge is 0.187 e. The van der Waals surface area contributed by atoms with Gasteiger partial charge in [0.2, 0.25) is 0 Å². The number of nitrogens with one attached hydrogen (secondary N) is 1. The molecule has 0 aromatic heterocycles. The van der Waals surface area contributed by atoms with Crippen LogP contribution in [0.4, 0.5) is 5.69 Å². The molecule has 0 atom stereocenters. The van der Waals surface area contributed by atoms with Crippen molar-refractivity contribution in [3.8, 4) is 0 Å². The average molecular weight is 430 g/mol. The van der Waals surface area contributed by atoms with Gasteiger partial charge in [-0.2, -0.15) is 0 Å². The molecule has 0 radical (unpaired) electrons. The fraction of sp³-hybridized carbons (Fsp3) is 0.250. The largest absolute Gasteiger partial charge is 0.358 e. The lowest BCUT2D eigenvalue weighted by Gasteiger charge is -2.20. The molecule has 0 aliphatic rings. The monoisotopic (exact) mass is 429 g/mol. The van der Waals surface area contributed by atoms with E-state index in [0.29, 0.717) is 17.4 Å². The lowest BCUT2D eigenvalue weighted by atomic mass is 9.95. The third-order valence-corrected chi connectivity index (χ3v) is 6.41. The van der Waals surface area contributed by atoms with Gasteiger partial charge in [0.1, 0.15) is 0 Å². The van der Waals surface area contributed by atoms with Gasteiger partial charge in [-0.05, 0) is 42.0 Å². The van der Waals surface area contributed by atoms with E-state index in [1.165, 1.54) is 16.0 Å². The van der Waals surface area contributed by atoms with Crippen molar-refractivity contribution >= 4 is 23.2 Å². The highest BCUT2D eigenvalue weighted by Crippen LogP contribution is 2.42. The van der Waals surface area contributed by atoms with Crippen LogP contribution in [0, 0.1) is 0 Å². The lowest BCUT2D eigenvalue weighted by molar-refractivity contribution is 0.104. The number of carbonyl (C=O) groups excluding carboxylic acids is 1. The minimum Gasteiger partial charge on any atom is -0.358 e. The van der Waals surface area contributed by atoms with Crippen molar-refractivity contribution < 1.29 is 4.79 Å². The van der Waals surface area contributed by atoms with E-state index in [1.807, 2.05) is 43.3 Å². The van der Waals surface area contributed by atoms with Crippen molar-refractivity contribution in [2.24, 2.45) is 0 Å². The van der Waals surface area contributed by atoms with Gasteiger partial charge in [0.25, 0.3) is 0 Å². The molecule has 1 N–H and O–H groups in total. The van der Waals surface area contributed by atoms with Crippen LogP contribution >= 0.6 is 11.8 Å². The molecule has 0 amide bonds. The van der Waals surface area contributed by atoms with Crippen molar-refractivity contribution in [2.75, 3.05) is 5.32 Å². The molecule has 0 fully saturated rings. The van der Waals surface area contributed by atoms with Gasteiger partial charge >= 0.3 is 0 Å². The summed E-state index contributed by atoms with van der Waals surface area (Å²) in [5.74, 6) is 0.904. The number of hydrogen-bond acceptors (Lipinski definition) is 3. The summed E-state index contributed by atoms with van der Waals surface area (Å²) in [6.07, 6.45) is 1.67. The normalized spacial score (nSPS) is 11.8. The molecule has 0 spiro atoms. The van der Waals surface area contributed by atoms with Crippen molar-refractivity contribution in [1.82, 2.24) is 0 Å². The van der Waals surface area contributed by atoms with Crippen LogP contribution in [0.3, 0.4) is 0 Å². The Bertz CT molecular complexity index is 1040. The second-order valence-electron chi connectivity index (χ2n) is 8.36. The second-order valence-corrected chi connectivity index (χ2v) is 9.41. The molecule has 2 nitrogen and oxygen atoms in total. The van der Waals surface area contributed by atoms with E-state index >= 15 is 0 Å². The van der Waals surface area contributed by atoms with Crippen LogP contribution < -0.4 is 5.32 Å². The Balaban J connectivity index is 1.90. The Labute approximate surface area is 190 Å². The molecule has 0 heterocycles. The highest BCUT2D eigenvalue weighted by atomic mass is 32.2. The number of rotatable bonds is 8. The Morgan fingerprint density at radius 1 is 0.806 bits per heavy atom. The summed E-state index contributed by atoms with van der Waals surface area (Å²) in [6.45, 7) is 10.9. The summed E-state index contributed by atoms with van der Waals surface area (Å²) in [6, 6.07) is 24.3. The molecule has 0 saturated heterocycles. The Kier molecular flexibility index (Phi) is 7.75. The minimum atomic E-state index is 0.00276. The molecule has 0 aliphatic carbocycles. The molecule has 0 unspecified atom stereocenters. The topological polar surface area (TPSA) is 29.1 Å². The quantitative estimate of drug-likeness (QED) is 0.288. The van der Waals surface area contributed by atoms with Gasteiger partial charge in [0.05, 0.1) is 5.69 Å². The lowest BCUT2D eigenvalue weighted by Crippen LogP contribution is -2.03. The molecule has 0 saturated carbocycles. The fourth-order valence-corrected chi connectivity index (χ4v) is 4.94. The van der Waals surface area contributed by atoms with Crippen LogP contribution in [-0.4, -0.2) is 5.78 Å². The third kappa shape index (κ3) is 5.89. The maximum atomic E-state index is 12.5. The second kappa shape index (κ2) is 10.5. The van der Waals surface area contributed by atoms with Gasteiger partial charge < -0.3 is 5.32 Å². The van der Waals surface area contributed by atoms with Crippen LogP contribution in [0.2, 0.25) is 0 Å². The zero-order chi connectivity index (χ0) is 22.4. The molecule has 3 rings (SSSR count). The van der Waals surface area contributed by atoms with E-state index in [9.17, 15) is 4.79 Å². The van der Waals surface area contributed by atoms with Gasteiger partial charge in [0, 0.05) is 27.1 Å². The van der Waals surface area contributed by atoms with Gasteiger partial charge in [-0.25, -0.2) is 0 Å². The maximum absolute atomic E-state index is 12.5. The highest BCUT2D eigenvalue weighted by molar-refractivity contribution is 7.99. The molecule has 31 heavy (non-hydrogen) atoms. The molecule has 3 heteroatoms. The van der Waals surface area contributed by atoms with Gasteiger partial charge in [-0.1, -0.05) is 100 Å². The van der Waals surface area contributed by atoms with Gasteiger partial charge in [0.15, 0.2) is 5.78 Å². The van der Waals surface area contributed by atoms with E-state index in [4.69, 9.17) is 0 Å². The first-order valence-electron chi connectivity index (χ1n) is 10.8. The fourth-order valence-electron chi connectivity index (χ4n) is 3.50. The standard InChI is InChI=1S/C28H31NOS/c1-19(2)23-14-11-15-24(20(3)4)28(23)31-27-17-10-9-16-25(27)29-21(5)18-26(30)22-12-7-6-8-13-22/h6-20,29H,1-5H3/b21-18+. The number of hydrogen-bond donors (Lipinski definition) is 1. The van der Waals surface area contributed by atoms with Gasteiger partial charge in [-0.3, -0.25) is 4.79 Å². The molecule has 3 aromatic rings. The first kappa shape index (κ1) is 22.9. The summed E-state index contributed by atoms with van der Waals surface area (Å²) >= 11 is 1.81. The van der Waals surface area contributed by atoms with Crippen LogP contribution in [-0.2, 0) is 0 Å². The summed E-state index contributed by atoms with van der Waals surface area (Å²) in [5.41, 5.74) is 5.27. The molecule has 160 valence electrons. The number of allylic oxidation sites excluding steroid dienone is 2. The van der Waals surface area contributed by atoms with Crippen molar-refractivity contribution in [1.29, 1.82) is 0 Å². The van der Waals surface area contributed by atoms with Crippen LogP contribution in [0.1, 0.15) is 67.9 Å². The number of carbonyl (C=O) groups is 1. The number of anilines is 1. The minimum absolute atomic E-state index is 0.00276. The molecule has 0 aliphatic heterocycles. The van der Waals surface area contributed by atoms with E-state index in [-0.39, 0.29) is 5.78 Å². The number of ketones is 1. The zero-order valence-corrected chi connectivity index (χ0v) is 19.8. The van der Waals surface area contributed by atoms with E-state index in [1.54, 1.807) is 17.8 Å². The maximum Gasteiger partial charge on any atom is 0.187 e. The first-order chi connectivity index (χ1) is 14.9. The number of para-hydroxylation sites is 1. The third-order valence-electron chi connectivity index (χ3n) is 5.16. The summed E-state index contributed by atoms with van der Waals surface area (Å²) < 4.78 is 0. The highest BCUT2D eigenvalue weighted by Gasteiger charge is 2.16. The van der Waals surface area contributed by atoms with E-state index in [0.717, 1.165) is 16.3 Å². The Hall–Kier alpha value is -2.78. The van der Waals surface area contributed by atoms with Crippen LogP contribution in [0.5, 0.6) is 0 Å². The first-order valence-corrected chi connectivity index (χ1v) is 11.6. The van der Waals surface area contributed by atoms with E-state index < -0.39 is 0 Å². The van der Waals surface area contributed by atoms with Crippen LogP contribution in [0.25, 0.3) is 0 Å². The predicted molar refractivity (Wildman–Crippen MR) is 133 cm³/mol. The molecule has 0 bridgehead atoms. The van der Waals surface area contributed by atoms with Crippen molar-refractivity contribution in [2.45, 2.75) is 56.2 Å². The van der Waals surface area contributed by atoms with E-state index in [2.05, 4.69) is 69.4 Å². The van der Waals surface area contributed by atoms with Gasteiger partial charge in [-0.15, -0.1) is 0 Å². The summed E-state index contributed by atoms with van der Waals surface area (Å²) in [5, 5.41) is 3.45. The Morgan fingerprint density at radius 2 is 1.39 bits per heavy atom. The van der Waals surface area contributed by atoms with Crippen molar-refractivity contribution in [3.63, 3.8) is 0 Å². The number of benzene rings is 3. The SMILES string of the molecule is C/C(=C\C(=O)c1ccccc1)Nc1ccccc1Sc1c(C(C)C)cccc1C(C)C. The summed E-state index contributed by atoms with van der Waals surface area (Å²) in [7, 11) is 0.